The lowest BCUT2D eigenvalue weighted by atomic mass is 10.0. The Morgan fingerprint density at radius 3 is 2.73 bits per heavy atom. The highest BCUT2D eigenvalue weighted by Gasteiger charge is 2.34. The van der Waals surface area contributed by atoms with Crippen molar-refractivity contribution in [2.24, 2.45) is 0 Å². The number of hydrogen-bond donors (Lipinski definition) is 0. The van der Waals surface area contributed by atoms with Crippen LogP contribution < -0.4 is 4.74 Å². The van der Waals surface area contributed by atoms with Crippen LogP contribution in [0.15, 0.2) is 42.7 Å². The van der Waals surface area contributed by atoms with Gasteiger partial charge in [0.05, 0.1) is 24.8 Å². The second-order valence-electron chi connectivity index (χ2n) is 6.34. The molecule has 2 heterocycles. The Labute approximate surface area is 153 Å². The van der Waals surface area contributed by atoms with Gasteiger partial charge in [-0.1, -0.05) is 12.1 Å². The summed E-state index contributed by atoms with van der Waals surface area (Å²) in [7, 11) is -1.46. The number of benzene rings is 1. The van der Waals surface area contributed by atoms with Crippen LogP contribution in [0, 0.1) is 0 Å². The van der Waals surface area contributed by atoms with Crippen molar-refractivity contribution in [2.75, 3.05) is 25.2 Å². The summed E-state index contributed by atoms with van der Waals surface area (Å²) in [5.74, 6) is 0.695. The summed E-state index contributed by atoms with van der Waals surface area (Å²) < 4.78 is 28.7. The van der Waals surface area contributed by atoms with Crippen LogP contribution in [0.5, 0.6) is 5.75 Å². The molecule has 0 N–H and O–H groups in total. The van der Waals surface area contributed by atoms with Gasteiger partial charge < -0.3 is 9.64 Å². The van der Waals surface area contributed by atoms with Crippen molar-refractivity contribution in [3.8, 4) is 16.9 Å². The maximum Gasteiger partial charge on any atom is 0.254 e. The van der Waals surface area contributed by atoms with E-state index in [4.69, 9.17) is 4.74 Å². The van der Waals surface area contributed by atoms with Crippen molar-refractivity contribution < 1.29 is 17.9 Å². The van der Waals surface area contributed by atoms with Gasteiger partial charge in [0.1, 0.15) is 5.75 Å². The molecule has 7 heteroatoms. The molecular formula is C19H22N2O4S. The van der Waals surface area contributed by atoms with Crippen LogP contribution in [0.25, 0.3) is 11.1 Å². The highest BCUT2D eigenvalue weighted by molar-refractivity contribution is 7.91. The van der Waals surface area contributed by atoms with Gasteiger partial charge >= 0.3 is 0 Å². The highest BCUT2D eigenvalue weighted by atomic mass is 32.2. The third kappa shape index (κ3) is 3.88. The van der Waals surface area contributed by atoms with E-state index in [9.17, 15) is 13.2 Å². The molecule has 0 saturated carbocycles. The van der Waals surface area contributed by atoms with Gasteiger partial charge in [0.15, 0.2) is 9.84 Å². The predicted molar refractivity (Wildman–Crippen MR) is 100.0 cm³/mol. The Balaban J connectivity index is 1.87. The van der Waals surface area contributed by atoms with Gasteiger partial charge in [-0.15, -0.1) is 0 Å². The smallest absolute Gasteiger partial charge is 0.254 e. The first-order valence-corrected chi connectivity index (χ1v) is 10.4. The molecule has 1 aliphatic rings. The van der Waals surface area contributed by atoms with Crippen molar-refractivity contribution in [1.82, 2.24) is 9.88 Å². The van der Waals surface area contributed by atoms with E-state index in [-0.39, 0.29) is 23.5 Å². The largest absolute Gasteiger partial charge is 0.495 e. The number of hydrogen-bond acceptors (Lipinski definition) is 5. The standard InChI is InChI=1S/C19H22N2O4S/c1-3-21(17-7-8-26(23,24)13-17)19(22)15-6-4-5-14(9-15)16-10-18(25-2)12-20-11-16/h4-6,9-12,17H,3,7-8,13H2,1-2H3/t17-/m1/s1. The zero-order valence-electron chi connectivity index (χ0n) is 14.9. The molecule has 138 valence electrons. The Morgan fingerprint density at radius 1 is 1.27 bits per heavy atom. The van der Waals surface area contributed by atoms with Gasteiger partial charge in [-0.2, -0.15) is 0 Å². The SMILES string of the molecule is CCN(C(=O)c1cccc(-c2cncc(OC)c2)c1)[C@@H]1CCS(=O)(=O)C1. The lowest BCUT2D eigenvalue weighted by Crippen LogP contribution is -2.40. The molecule has 1 saturated heterocycles. The molecule has 2 aromatic rings. The minimum Gasteiger partial charge on any atom is -0.495 e. The minimum atomic E-state index is -3.04. The zero-order chi connectivity index (χ0) is 18.7. The normalized spacial score (nSPS) is 18.5. The number of nitrogens with zero attached hydrogens (tertiary/aromatic N) is 2. The Hall–Kier alpha value is -2.41. The van der Waals surface area contributed by atoms with Crippen LogP contribution >= 0.6 is 0 Å². The lowest BCUT2D eigenvalue weighted by molar-refractivity contribution is 0.0708. The quantitative estimate of drug-likeness (QED) is 0.803. The van der Waals surface area contributed by atoms with Crippen molar-refractivity contribution >= 4 is 15.7 Å². The molecule has 26 heavy (non-hydrogen) atoms. The predicted octanol–water partition coefficient (Wildman–Crippen LogP) is 2.41. The molecule has 0 aliphatic carbocycles. The molecule has 1 aromatic carbocycles. The molecule has 3 rings (SSSR count). The molecule has 1 amide bonds. The fourth-order valence-electron chi connectivity index (χ4n) is 3.27. The van der Waals surface area contributed by atoms with Crippen LogP contribution in [0.1, 0.15) is 23.7 Å². The van der Waals surface area contributed by atoms with E-state index in [2.05, 4.69) is 4.98 Å². The van der Waals surface area contributed by atoms with E-state index < -0.39 is 9.84 Å². The molecule has 0 spiro atoms. The van der Waals surface area contributed by atoms with Gasteiger partial charge in [-0.3, -0.25) is 9.78 Å². The summed E-state index contributed by atoms with van der Waals surface area (Å²) in [5, 5.41) is 0. The molecule has 6 nitrogen and oxygen atoms in total. The first-order chi connectivity index (χ1) is 12.4. The highest BCUT2D eigenvalue weighted by Crippen LogP contribution is 2.25. The van der Waals surface area contributed by atoms with Gasteiger partial charge in [0.2, 0.25) is 0 Å². The number of sulfone groups is 1. The number of amides is 1. The van der Waals surface area contributed by atoms with Crippen LogP contribution in [0.2, 0.25) is 0 Å². The van der Waals surface area contributed by atoms with E-state index in [0.29, 0.717) is 24.3 Å². The number of pyridine rings is 1. The van der Waals surface area contributed by atoms with E-state index >= 15 is 0 Å². The summed E-state index contributed by atoms with van der Waals surface area (Å²) in [6.45, 7) is 2.35. The molecule has 1 atom stereocenters. The fraction of sp³-hybridized carbons (Fsp3) is 0.368. The number of aromatic nitrogens is 1. The number of ether oxygens (including phenoxy) is 1. The molecule has 0 bridgehead atoms. The maximum absolute atomic E-state index is 13.0. The number of carbonyl (C=O) groups excluding carboxylic acids is 1. The topological polar surface area (TPSA) is 76.6 Å². The Kier molecular flexibility index (Phi) is 5.27. The van der Waals surface area contributed by atoms with E-state index in [1.165, 1.54) is 0 Å². The molecule has 1 fully saturated rings. The first kappa shape index (κ1) is 18.4. The number of methoxy groups -OCH3 is 1. The third-order valence-electron chi connectivity index (χ3n) is 4.64. The van der Waals surface area contributed by atoms with Gasteiger partial charge in [0, 0.05) is 29.9 Å². The molecule has 0 unspecified atom stereocenters. The molecular weight excluding hydrogens is 352 g/mol. The number of carbonyl (C=O) groups is 1. The summed E-state index contributed by atoms with van der Waals surface area (Å²) in [6, 6.07) is 8.90. The van der Waals surface area contributed by atoms with E-state index in [1.54, 1.807) is 30.5 Å². The van der Waals surface area contributed by atoms with Crippen molar-refractivity contribution in [2.45, 2.75) is 19.4 Å². The van der Waals surface area contributed by atoms with Crippen LogP contribution in [0.4, 0.5) is 0 Å². The molecule has 1 aliphatic heterocycles. The van der Waals surface area contributed by atoms with Crippen molar-refractivity contribution in [3.63, 3.8) is 0 Å². The lowest BCUT2D eigenvalue weighted by Gasteiger charge is -2.27. The van der Waals surface area contributed by atoms with Gasteiger partial charge in [-0.25, -0.2) is 8.42 Å². The van der Waals surface area contributed by atoms with Crippen LogP contribution in [-0.2, 0) is 9.84 Å². The molecule has 0 radical (unpaired) electrons. The van der Waals surface area contributed by atoms with Crippen LogP contribution in [0.3, 0.4) is 0 Å². The number of rotatable bonds is 5. The third-order valence-corrected chi connectivity index (χ3v) is 6.39. The zero-order valence-corrected chi connectivity index (χ0v) is 15.7. The van der Waals surface area contributed by atoms with Crippen LogP contribution in [-0.4, -0.2) is 55.4 Å². The summed E-state index contributed by atoms with van der Waals surface area (Å²) in [5.41, 5.74) is 2.25. The summed E-state index contributed by atoms with van der Waals surface area (Å²) in [4.78, 5) is 18.8. The van der Waals surface area contributed by atoms with E-state index in [0.717, 1.165) is 11.1 Å². The van der Waals surface area contributed by atoms with Crippen molar-refractivity contribution in [1.29, 1.82) is 0 Å². The Bertz CT molecular complexity index is 911. The molecule has 1 aromatic heterocycles. The maximum atomic E-state index is 13.0. The average molecular weight is 374 g/mol. The fourth-order valence-corrected chi connectivity index (χ4v) is 5.01. The second-order valence-corrected chi connectivity index (χ2v) is 8.57. The van der Waals surface area contributed by atoms with E-state index in [1.807, 2.05) is 31.2 Å². The van der Waals surface area contributed by atoms with Gasteiger partial charge in [-0.05, 0) is 37.1 Å². The van der Waals surface area contributed by atoms with Gasteiger partial charge in [0.25, 0.3) is 5.91 Å². The average Bonchev–Trinajstić information content (AvgIpc) is 3.02. The Morgan fingerprint density at radius 2 is 2.08 bits per heavy atom. The van der Waals surface area contributed by atoms with Crippen molar-refractivity contribution in [3.05, 3.63) is 48.3 Å². The summed E-state index contributed by atoms with van der Waals surface area (Å²) in [6.07, 6.45) is 3.84. The first-order valence-electron chi connectivity index (χ1n) is 8.54. The summed E-state index contributed by atoms with van der Waals surface area (Å²) >= 11 is 0. The second kappa shape index (κ2) is 7.45. The monoisotopic (exact) mass is 374 g/mol. The minimum absolute atomic E-state index is 0.0477.